The van der Waals surface area contributed by atoms with Gasteiger partial charge in [-0.1, -0.05) is 30.5 Å². The second-order valence-electron chi connectivity index (χ2n) is 5.62. The maximum atomic E-state index is 4.29. The molecule has 1 aromatic carbocycles. The number of aryl methyl sites for hydroxylation is 4. The van der Waals surface area contributed by atoms with Crippen LogP contribution in [0.2, 0.25) is 0 Å². The molecule has 0 aliphatic rings. The van der Waals surface area contributed by atoms with Crippen LogP contribution in [0.1, 0.15) is 59.1 Å². The Balaban J connectivity index is 2.48. The lowest BCUT2D eigenvalue weighted by Crippen LogP contribution is -2.24. The summed E-state index contributed by atoms with van der Waals surface area (Å²) in [4.78, 5) is 1.26. The SMILES string of the molecule is CCCNC(c1cc(C)c(C)cc1C)c1snnc1CC. The Morgan fingerprint density at radius 3 is 2.48 bits per heavy atom. The van der Waals surface area contributed by atoms with Gasteiger partial charge in [0.05, 0.1) is 16.6 Å². The maximum absolute atomic E-state index is 4.29. The minimum atomic E-state index is 0.208. The van der Waals surface area contributed by atoms with E-state index in [1.165, 1.54) is 38.7 Å². The Kier molecular flexibility index (Phi) is 5.48. The van der Waals surface area contributed by atoms with E-state index < -0.39 is 0 Å². The molecule has 0 fully saturated rings. The molecule has 0 amide bonds. The first-order valence-corrected chi connectivity index (χ1v) is 8.48. The van der Waals surface area contributed by atoms with Crippen LogP contribution in [0, 0.1) is 20.8 Å². The quantitative estimate of drug-likeness (QED) is 0.872. The van der Waals surface area contributed by atoms with Crippen LogP contribution in [-0.4, -0.2) is 16.1 Å². The fourth-order valence-corrected chi connectivity index (χ4v) is 3.44. The number of nitrogens with zero attached hydrogens (tertiary/aromatic N) is 2. The molecule has 1 aromatic heterocycles. The van der Waals surface area contributed by atoms with Crippen LogP contribution < -0.4 is 5.32 Å². The molecule has 114 valence electrons. The molecule has 0 aliphatic carbocycles. The highest BCUT2D eigenvalue weighted by Gasteiger charge is 2.21. The Labute approximate surface area is 132 Å². The molecule has 21 heavy (non-hydrogen) atoms. The van der Waals surface area contributed by atoms with Gasteiger partial charge in [0, 0.05) is 0 Å². The van der Waals surface area contributed by atoms with Crippen molar-refractivity contribution in [2.24, 2.45) is 0 Å². The van der Waals surface area contributed by atoms with Crippen LogP contribution in [-0.2, 0) is 6.42 Å². The third-order valence-electron chi connectivity index (χ3n) is 3.97. The van der Waals surface area contributed by atoms with E-state index >= 15 is 0 Å². The van der Waals surface area contributed by atoms with Gasteiger partial charge in [-0.15, -0.1) is 5.10 Å². The van der Waals surface area contributed by atoms with Gasteiger partial charge < -0.3 is 5.32 Å². The number of benzene rings is 1. The smallest absolute Gasteiger partial charge is 0.0804 e. The second-order valence-corrected chi connectivity index (χ2v) is 6.40. The van der Waals surface area contributed by atoms with Crippen LogP contribution in [0.5, 0.6) is 0 Å². The van der Waals surface area contributed by atoms with Crippen molar-refractivity contribution in [3.8, 4) is 0 Å². The van der Waals surface area contributed by atoms with Crippen molar-refractivity contribution in [1.82, 2.24) is 14.9 Å². The van der Waals surface area contributed by atoms with Gasteiger partial charge in [0.15, 0.2) is 0 Å². The molecule has 2 rings (SSSR count). The highest BCUT2D eigenvalue weighted by atomic mass is 32.1. The summed E-state index contributed by atoms with van der Waals surface area (Å²) in [6.45, 7) is 11.9. The van der Waals surface area contributed by atoms with Crippen molar-refractivity contribution >= 4 is 11.5 Å². The molecule has 1 unspecified atom stereocenters. The number of hydrogen-bond donors (Lipinski definition) is 1. The predicted octanol–water partition coefficient (Wildman–Crippen LogP) is 4.11. The van der Waals surface area contributed by atoms with Crippen LogP contribution in [0.15, 0.2) is 12.1 Å². The molecule has 2 aromatic rings. The van der Waals surface area contributed by atoms with E-state index in [4.69, 9.17) is 0 Å². The average Bonchev–Trinajstić information content (AvgIpc) is 2.93. The highest BCUT2D eigenvalue weighted by Crippen LogP contribution is 2.31. The summed E-state index contributed by atoms with van der Waals surface area (Å²) in [6, 6.07) is 4.81. The maximum Gasteiger partial charge on any atom is 0.0804 e. The molecule has 0 bridgehead atoms. The summed E-state index contributed by atoms with van der Waals surface area (Å²) >= 11 is 1.52. The van der Waals surface area contributed by atoms with E-state index in [1.54, 1.807) is 0 Å². The lowest BCUT2D eigenvalue weighted by molar-refractivity contribution is 0.598. The Bertz CT molecular complexity index is 604. The Morgan fingerprint density at radius 1 is 1.10 bits per heavy atom. The molecule has 1 heterocycles. The average molecular weight is 303 g/mol. The molecule has 1 atom stereocenters. The first-order chi connectivity index (χ1) is 10.1. The topological polar surface area (TPSA) is 37.8 Å². The summed E-state index contributed by atoms with van der Waals surface area (Å²) in [5, 5.41) is 7.97. The molecule has 0 aliphatic heterocycles. The van der Waals surface area contributed by atoms with Gasteiger partial charge in [-0.25, -0.2) is 0 Å². The fraction of sp³-hybridized carbons (Fsp3) is 0.529. The predicted molar refractivity (Wildman–Crippen MR) is 90.1 cm³/mol. The van der Waals surface area contributed by atoms with E-state index in [9.17, 15) is 0 Å². The number of hydrogen-bond acceptors (Lipinski definition) is 4. The van der Waals surface area contributed by atoms with Gasteiger partial charge in [0.2, 0.25) is 0 Å². The lowest BCUT2D eigenvalue weighted by Gasteiger charge is -2.21. The van der Waals surface area contributed by atoms with Crippen molar-refractivity contribution < 1.29 is 0 Å². The fourth-order valence-electron chi connectivity index (χ4n) is 2.61. The van der Waals surface area contributed by atoms with Gasteiger partial charge in [-0.2, -0.15) is 0 Å². The second kappa shape index (κ2) is 7.14. The molecule has 1 N–H and O–H groups in total. The summed E-state index contributed by atoms with van der Waals surface area (Å²) in [7, 11) is 0. The van der Waals surface area contributed by atoms with E-state index in [-0.39, 0.29) is 6.04 Å². The largest absolute Gasteiger partial charge is 0.305 e. The Hall–Kier alpha value is -1.26. The van der Waals surface area contributed by atoms with Gasteiger partial charge in [-0.3, -0.25) is 0 Å². The minimum Gasteiger partial charge on any atom is -0.305 e. The van der Waals surface area contributed by atoms with Crippen molar-refractivity contribution in [3.05, 3.63) is 45.0 Å². The Morgan fingerprint density at radius 2 is 1.81 bits per heavy atom. The van der Waals surface area contributed by atoms with Gasteiger partial charge in [0.25, 0.3) is 0 Å². The molecule has 0 saturated carbocycles. The lowest BCUT2D eigenvalue weighted by atomic mass is 9.94. The normalized spacial score (nSPS) is 12.6. The van der Waals surface area contributed by atoms with Crippen LogP contribution >= 0.6 is 11.5 Å². The summed E-state index contributed by atoms with van der Waals surface area (Å²) in [5.41, 5.74) is 6.50. The molecular weight excluding hydrogens is 278 g/mol. The first kappa shape index (κ1) is 16.1. The summed E-state index contributed by atoms with van der Waals surface area (Å²) < 4.78 is 4.17. The van der Waals surface area contributed by atoms with Gasteiger partial charge >= 0.3 is 0 Å². The van der Waals surface area contributed by atoms with Crippen LogP contribution in [0.4, 0.5) is 0 Å². The third-order valence-corrected chi connectivity index (χ3v) is 4.81. The van der Waals surface area contributed by atoms with E-state index in [1.807, 2.05) is 0 Å². The number of nitrogens with one attached hydrogen (secondary N) is 1. The van der Waals surface area contributed by atoms with Gasteiger partial charge in [0.1, 0.15) is 0 Å². The monoisotopic (exact) mass is 303 g/mol. The summed E-state index contributed by atoms with van der Waals surface area (Å²) in [6.07, 6.45) is 2.05. The van der Waals surface area contributed by atoms with E-state index in [0.717, 1.165) is 25.1 Å². The molecule has 0 spiro atoms. The minimum absolute atomic E-state index is 0.208. The molecule has 3 nitrogen and oxygen atoms in total. The number of rotatable bonds is 6. The highest BCUT2D eigenvalue weighted by molar-refractivity contribution is 7.05. The third kappa shape index (κ3) is 3.50. The van der Waals surface area contributed by atoms with Gasteiger partial charge in [-0.05, 0) is 73.9 Å². The zero-order chi connectivity index (χ0) is 15.4. The zero-order valence-electron chi connectivity index (χ0n) is 13.7. The van der Waals surface area contributed by atoms with E-state index in [2.05, 4.69) is 61.7 Å². The summed E-state index contributed by atoms with van der Waals surface area (Å²) in [5.74, 6) is 0. The molecular formula is C17H25N3S. The first-order valence-electron chi connectivity index (χ1n) is 7.70. The van der Waals surface area contributed by atoms with E-state index in [0.29, 0.717) is 0 Å². The molecule has 0 saturated heterocycles. The van der Waals surface area contributed by atoms with Crippen molar-refractivity contribution in [3.63, 3.8) is 0 Å². The zero-order valence-corrected chi connectivity index (χ0v) is 14.5. The standard InChI is InChI=1S/C17H25N3S/c1-6-8-18-16(17-15(7-2)19-20-21-17)14-10-12(4)11(3)9-13(14)5/h9-10,16,18H,6-8H2,1-5H3. The number of aromatic nitrogens is 2. The van der Waals surface area contributed by atoms with Crippen molar-refractivity contribution in [1.29, 1.82) is 0 Å². The molecule has 0 radical (unpaired) electrons. The van der Waals surface area contributed by atoms with Crippen molar-refractivity contribution in [2.75, 3.05) is 6.54 Å². The van der Waals surface area contributed by atoms with Crippen LogP contribution in [0.3, 0.4) is 0 Å². The van der Waals surface area contributed by atoms with Crippen molar-refractivity contribution in [2.45, 2.75) is 53.5 Å². The molecule has 4 heteroatoms. The van der Waals surface area contributed by atoms with Crippen LogP contribution in [0.25, 0.3) is 0 Å².